The zero-order valence-corrected chi connectivity index (χ0v) is 9.15. The molecule has 1 aromatic heterocycles. The molecule has 16 heavy (non-hydrogen) atoms. The Morgan fingerprint density at radius 2 is 2.25 bits per heavy atom. The molecule has 0 atom stereocenters. The Balaban J connectivity index is 2.39. The molecule has 0 unspecified atom stereocenters. The topological polar surface area (TPSA) is 56.7 Å². The van der Waals surface area contributed by atoms with Crippen LogP contribution in [0.3, 0.4) is 0 Å². The summed E-state index contributed by atoms with van der Waals surface area (Å²) in [6, 6.07) is 4.73. The van der Waals surface area contributed by atoms with Gasteiger partial charge in [0, 0.05) is 6.42 Å². The summed E-state index contributed by atoms with van der Waals surface area (Å²) in [5.41, 5.74) is 6.40. The lowest BCUT2D eigenvalue weighted by Gasteiger charge is -2.02. The number of rotatable bonds is 3. The van der Waals surface area contributed by atoms with Crippen LogP contribution in [-0.2, 0) is 6.42 Å². The molecule has 0 spiro atoms. The van der Waals surface area contributed by atoms with Crippen LogP contribution in [0.2, 0.25) is 5.02 Å². The second kappa shape index (κ2) is 4.59. The first-order valence-electron chi connectivity index (χ1n) is 4.78. The molecule has 4 nitrogen and oxygen atoms in total. The zero-order valence-electron chi connectivity index (χ0n) is 8.40. The van der Waals surface area contributed by atoms with E-state index < -0.39 is 5.82 Å². The molecule has 0 fully saturated rings. The number of nitrogens with zero attached hydrogens (tertiary/aromatic N) is 3. The smallest absolute Gasteiger partial charge is 0.167 e. The lowest BCUT2D eigenvalue weighted by atomic mass is 10.3. The van der Waals surface area contributed by atoms with Crippen LogP contribution in [0.25, 0.3) is 5.69 Å². The van der Waals surface area contributed by atoms with Crippen molar-refractivity contribution in [1.82, 2.24) is 15.0 Å². The van der Waals surface area contributed by atoms with E-state index >= 15 is 0 Å². The maximum Gasteiger partial charge on any atom is 0.167 e. The summed E-state index contributed by atoms with van der Waals surface area (Å²) in [7, 11) is 0. The van der Waals surface area contributed by atoms with Crippen LogP contribution in [-0.4, -0.2) is 21.5 Å². The first kappa shape index (κ1) is 11.0. The number of halogens is 2. The summed E-state index contributed by atoms with van der Waals surface area (Å²) in [6.45, 7) is 0.483. The Hall–Kier alpha value is -1.46. The molecule has 0 aliphatic heterocycles. The largest absolute Gasteiger partial charge is 0.330 e. The fraction of sp³-hybridized carbons (Fsp3) is 0.200. The molecular formula is C10H10ClFN4. The van der Waals surface area contributed by atoms with Gasteiger partial charge < -0.3 is 5.73 Å². The summed E-state index contributed by atoms with van der Waals surface area (Å²) < 4.78 is 15.0. The Morgan fingerprint density at radius 3 is 3.00 bits per heavy atom. The Bertz CT molecular complexity index is 497. The van der Waals surface area contributed by atoms with Crippen molar-refractivity contribution in [3.05, 3.63) is 40.9 Å². The van der Waals surface area contributed by atoms with Crippen LogP contribution in [0.1, 0.15) is 5.69 Å². The van der Waals surface area contributed by atoms with Gasteiger partial charge in [-0.15, -0.1) is 5.10 Å². The number of hydrogen-bond donors (Lipinski definition) is 1. The number of aromatic nitrogens is 3. The molecule has 2 rings (SSSR count). The summed E-state index contributed by atoms with van der Waals surface area (Å²) in [5, 5.41) is 7.76. The minimum atomic E-state index is -0.506. The van der Waals surface area contributed by atoms with Crippen LogP contribution < -0.4 is 5.73 Å². The number of benzene rings is 1. The van der Waals surface area contributed by atoms with Crippen molar-refractivity contribution < 1.29 is 4.39 Å². The van der Waals surface area contributed by atoms with Gasteiger partial charge in [0.25, 0.3) is 0 Å². The van der Waals surface area contributed by atoms with Crippen molar-refractivity contribution in [2.45, 2.75) is 6.42 Å². The molecular weight excluding hydrogens is 231 g/mol. The zero-order chi connectivity index (χ0) is 11.5. The van der Waals surface area contributed by atoms with Crippen molar-refractivity contribution in [3.8, 4) is 5.69 Å². The highest BCUT2D eigenvalue weighted by atomic mass is 35.5. The minimum absolute atomic E-state index is 0.0633. The molecule has 0 aliphatic rings. The van der Waals surface area contributed by atoms with Crippen LogP contribution in [0.15, 0.2) is 24.4 Å². The maximum absolute atomic E-state index is 13.6. The average molecular weight is 241 g/mol. The molecule has 0 radical (unpaired) electrons. The normalized spacial score (nSPS) is 10.7. The maximum atomic E-state index is 13.6. The van der Waals surface area contributed by atoms with E-state index in [0.717, 1.165) is 5.69 Å². The summed E-state index contributed by atoms with van der Waals surface area (Å²) in [5.74, 6) is -0.506. The van der Waals surface area contributed by atoms with Crippen LogP contribution in [0.4, 0.5) is 4.39 Å². The van der Waals surface area contributed by atoms with Crippen LogP contribution in [0.5, 0.6) is 0 Å². The van der Waals surface area contributed by atoms with E-state index in [1.54, 1.807) is 18.3 Å². The van der Waals surface area contributed by atoms with E-state index in [9.17, 15) is 4.39 Å². The lowest BCUT2D eigenvalue weighted by Crippen LogP contribution is -2.02. The predicted octanol–water partition coefficient (Wildman–Crippen LogP) is 1.56. The Labute approximate surface area is 96.8 Å². The van der Waals surface area contributed by atoms with Crippen LogP contribution >= 0.6 is 11.6 Å². The molecule has 1 heterocycles. The van der Waals surface area contributed by atoms with Gasteiger partial charge in [0.15, 0.2) is 5.82 Å². The molecule has 0 aliphatic carbocycles. The monoisotopic (exact) mass is 240 g/mol. The second-order valence-corrected chi connectivity index (χ2v) is 3.67. The van der Waals surface area contributed by atoms with Gasteiger partial charge >= 0.3 is 0 Å². The Kier molecular flexibility index (Phi) is 3.17. The van der Waals surface area contributed by atoms with Gasteiger partial charge in [-0.2, -0.15) is 0 Å². The second-order valence-electron chi connectivity index (χ2n) is 3.27. The third-order valence-electron chi connectivity index (χ3n) is 2.12. The minimum Gasteiger partial charge on any atom is -0.330 e. The average Bonchev–Trinajstić information content (AvgIpc) is 2.71. The highest BCUT2D eigenvalue weighted by Crippen LogP contribution is 2.20. The third-order valence-corrected chi connectivity index (χ3v) is 2.41. The van der Waals surface area contributed by atoms with Gasteiger partial charge in [-0.05, 0) is 18.7 Å². The molecule has 6 heteroatoms. The van der Waals surface area contributed by atoms with E-state index in [0.29, 0.717) is 13.0 Å². The van der Waals surface area contributed by atoms with Gasteiger partial charge in [0.05, 0.1) is 16.9 Å². The fourth-order valence-corrected chi connectivity index (χ4v) is 1.52. The highest BCUT2D eigenvalue weighted by Gasteiger charge is 2.09. The molecule has 1 aromatic carbocycles. The molecule has 0 saturated heterocycles. The van der Waals surface area contributed by atoms with Crippen LogP contribution in [0, 0.1) is 5.82 Å². The van der Waals surface area contributed by atoms with E-state index in [4.69, 9.17) is 17.3 Å². The van der Waals surface area contributed by atoms with E-state index in [1.807, 2.05) is 0 Å². The molecule has 0 bridgehead atoms. The first-order valence-corrected chi connectivity index (χ1v) is 5.16. The first-order chi connectivity index (χ1) is 7.72. The summed E-state index contributed by atoms with van der Waals surface area (Å²) in [4.78, 5) is 0. The third kappa shape index (κ3) is 2.05. The van der Waals surface area contributed by atoms with Crippen molar-refractivity contribution in [1.29, 1.82) is 0 Å². The number of nitrogens with two attached hydrogens (primary N) is 1. The van der Waals surface area contributed by atoms with E-state index in [2.05, 4.69) is 10.3 Å². The van der Waals surface area contributed by atoms with Crippen molar-refractivity contribution in [3.63, 3.8) is 0 Å². The standard InChI is InChI=1S/C10H10ClFN4/c11-8-2-1-3-9(10(8)12)16-6-7(4-5-13)14-15-16/h1-3,6H,4-5,13H2. The molecule has 84 valence electrons. The van der Waals surface area contributed by atoms with Gasteiger partial charge in [-0.3, -0.25) is 0 Å². The quantitative estimate of drug-likeness (QED) is 0.886. The Morgan fingerprint density at radius 1 is 1.44 bits per heavy atom. The predicted molar refractivity (Wildman–Crippen MR) is 59.1 cm³/mol. The van der Waals surface area contributed by atoms with E-state index in [-0.39, 0.29) is 10.7 Å². The van der Waals surface area contributed by atoms with Gasteiger partial charge in [-0.1, -0.05) is 22.9 Å². The van der Waals surface area contributed by atoms with Crippen molar-refractivity contribution >= 4 is 11.6 Å². The van der Waals surface area contributed by atoms with Gasteiger partial charge in [0.2, 0.25) is 0 Å². The van der Waals surface area contributed by atoms with Crippen molar-refractivity contribution in [2.75, 3.05) is 6.54 Å². The van der Waals surface area contributed by atoms with E-state index in [1.165, 1.54) is 10.7 Å². The highest BCUT2D eigenvalue weighted by molar-refractivity contribution is 6.30. The van der Waals surface area contributed by atoms with Crippen molar-refractivity contribution in [2.24, 2.45) is 5.73 Å². The molecule has 0 amide bonds. The summed E-state index contributed by atoms with van der Waals surface area (Å²) in [6.07, 6.45) is 2.25. The molecule has 0 saturated carbocycles. The molecule has 2 N–H and O–H groups in total. The fourth-order valence-electron chi connectivity index (χ4n) is 1.35. The molecule has 2 aromatic rings. The number of hydrogen-bond acceptors (Lipinski definition) is 3. The van der Waals surface area contributed by atoms with Gasteiger partial charge in [-0.25, -0.2) is 9.07 Å². The summed E-state index contributed by atoms with van der Waals surface area (Å²) >= 11 is 5.68. The van der Waals surface area contributed by atoms with Gasteiger partial charge in [0.1, 0.15) is 5.69 Å². The SMILES string of the molecule is NCCc1cn(-c2cccc(Cl)c2F)nn1. The lowest BCUT2D eigenvalue weighted by molar-refractivity contribution is 0.607.